The molecule has 1 aromatic carbocycles. The summed E-state index contributed by atoms with van der Waals surface area (Å²) in [6, 6.07) is 7.48. The summed E-state index contributed by atoms with van der Waals surface area (Å²) in [4.78, 5) is 15.5. The minimum absolute atomic E-state index is 0.241. The van der Waals surface area contributed by atoms with E-state index in [1.807, 2.05) is 31.2 Å². The highest BCUT2D eigenvalue weighted by atomic mass is 79.9. The predicted molar refractivity (Wildman–Crippen MR) is 72.1 cm³/mol. The number of pyridine rings is 1. The molecule has 0 radical (unpaired) electrons. The van der Waals surface area contributed by atoms with Gasteiger partial charge in [0, 0.05) is 22.6 Å². The molecular formula is C12H12BrN3O. The SMILES string of the molecule is CCNC(=O)Nc1cc2cccc(Br)c2cn1. The molecule has 0 saturated carbocycles. The monoisotopic (exact) mass is 293 g/mol. The summed E-state index contributed by atoms with van der Waals surface area (Å²) in [5, 5.41) is 7.38. The highest BCUT2D eigenvalue weighted by Gasteiger charge is 2.03. The number of anilines is 1. The van der Waals surface area contributed by atoms with Crippen molar-refractivity contribution in [2.45, 2.75) is 6.92 Å². The molecule has 1 aromatic heterocycles. The van der Waals surface area contributed by atoms with Gasteiger partial charge in [-0.25, -0.2) is 9.78 Å². The number of urea groups is 1. The molecule has 1 heterocycles. The Morgan fingerprint density at radius 3 is 3.06 bits per heavy atom. The first-order valence-electron chi connectivity index (χ1n) is 5.30. The zero-order chi connectivity index (χ0) is 12.3. The number of fused-ring (bicyclic) bond motifs is 1. The number of nitrogens with one attached hydrogen (secondary N) is 2. The van der Waals surface area contributed by atoms with Gasteiger partial charge in [0.15, 0.2) is 0 Å². The molecule has 5 heteroatoms. The highest BCUT2D eigenvalue weighted by molar-refractivity contribution is 9.10. The molecule has 0 atom stereocenters. The van der Waals surface area contributed by atoms with E-state index in [0.717, 1.165) is 15.2 Å². The molecule has 0 unspecified atom stereocenters. The zero-order valence-corrected chi connectivity index (χ0v) is 10.9. The van der Waals surface area contributed by atoms with Crippen molar-refractivity contribution in [2.24, 2.45) is 0 Å². The molecule has 0 saturated heterocycles. The number of amides is 2. The molecule has 0 aliphatic carbocycles. The Morgan fingerprint density at radius 2 is 2.29 bits per heavy atom. The molecule has 2 N–H and O–H groups in total. The fraction of sp³-hybridized carbons (Fsp3) is 0.167. The molecule has 2 rings (SSSR count). The summed E-state index contributed by atoms with van der Waals surface area (Å²) >= 11 is 3.46. The standard InChI is InChI=1S/C12H12BrN3O/c1-2-14-12(17)16-11-6-8-4-3-5-10(13)9(8)7-15-11/h3-7H,2H2,1H3,(H2,14,15,16,17). The van der Waals surface area contributed by atoms with E-state index in [1.54, 1.807) is 6.20 Å². The Morgan fingerprint density at radius 1 is 1.47 bits per heavy atom. The second-order valence-electron chi connectivity index (χ2n) is 3.51. The lowest BCUT2D eigenvalue weighted by Crippen LogP contribution is -2.28. The van der Waals surface area contributed by atoms with E-state index in [9.17, 15) is 4.79 Å². The van der Waals surface area contributed by atoms with Crippen molar-refractivity contribution in [2.75, 3.05) is 11.9 Å². The molecule has 17 heavy (non-hydrogen) atoms. The Bertz CT molecular complexity index is 556. The van der Waals surface area contributed by atoms with Crippen LogP contribution >= 0.6 is 15.9 Å². The first kappa shape index (κ1) is 11.9. The van der Waals surface area contributed by atoms with Gasteiger partial charge in [0.2, 0.25) is 0 Å². The van der Waals surface area contributed by atoms with Crippen molar-refractivity contribution in [3.05, 3.63) is 34.9 Å². The average Bonchev–Trinajstić information content (AvgIpc) is 2.29. The van der Waals surface area contributed by atoms with Gasteiger partial charge in [-0.05, 0) is 24.4 Å². The van der Waals surface area contributed by atoms with Gasteiger partial charge in [-0.3, -0.25) is 5.32 Å². The Kier molecular flexibility index (Phi) is 3.58. The number of carbonyl (C=O) groups is 1. The maximum absolute atomic E-state index is 11.3. The number of hydrogen-bond acceptors (Lipinski definition) is 2. The van der Waals surface area contributed by atoms with Crippen LogP contribution in [0.1, 0.15) is 6.92 Å². The van der Waals surface area contributed by atoms with E-state index in [2.05, 4.69) is 31.5 Å². The second kappa shape index (κ2) is 5.14. The van der Waals surface area contributed by atoms with Crippen molar-refractivity contribution in [1.82, 2.24) is 10.3 Å². The van der Waals surface area contributed by atoms with Crippen LogP contribution in [0.3, 0.4) is 0 Å². The van der Waals surface area contributed by atoms with Crippen molar-refractivity contribution < 1.29 is 4.79 Å². The van der Waals surface area contributed by atoms with Crippen LogP contribution in [0.25, 0.3) is 10.8 Å². The lowest BCUT2D eigenvalue weighted by atomic mass is 10.2. The van der Waals surface area contributed by atoms with E-state index >= 15 is 0 Å². The summed E-state index contributed by atoms with van der Waals surface area (Å²) < 4.78 is 0.993. The van der Waals surface area contributed by atoms with Crippen LogP contribution in [-0.4, -0.2) is 17.6 Å². The van der Waals surface area contributed by atoms with Crippen LogP contribution in [0.4, 0.5) is 10.6 Å². The van der Waals surface area contributed by atoms with E-state index in [-0.39, 0.29) is 6.03 Å². The van der Waals surface area contributed by atoms with Crippen molar-refractivity contribution in [1.29, 1.82) is 0 Å². The van der Waals surface area contributed by atoms with Gasteiger partial charge in [-0.15, -0.1) is 0 Å². The molecule has 88 valence electrons. The predicted octanol–water partition coefficient (Wildman–Crippen LogP) is 3.14. The zero-order valence-electron chi connectivity index (χ0n) is 9.33. The molecule has 0 bridgehead atoms. The van der Waals surface area contributed by atoms with Crippen LogP contribution in [-0.2, 0) is 0 Å². The molecule has 0 spiro atoms. The van der Waals surface area contributed by atoms with E-state index in [0.29, 0.717) is 12.4 Å². The van der Waals surface area contributed by atoms with Crippen LogP contribution in [0.2, 0.25) is 0 Å². The van der Waals surface area contributed by atoms with Gasteiger partial charge in [0.25, 0.3) is 0 Å². The van der Waals surface area contributed by atoms with Crippen LogP contribution in [0.15, 0.2) is 34.9 Å². The van der Waals surface area contributed by atoms with Gasteiger partial charge in [0.1, 0.15) is 5.82 Å². The number of carbonyl (C=O) groups excluding carboxylic acids is 1. The fourth-order valence-corrected chi connectivity index (χ4v) is 2.01. The number of hydrogen-bond donors (Lipinski definition) is 2. The van der Waals surface area contributed by atoms with Crippen molar-refractivity contribution in [3.63, 3.8) is 0 Å². The maximum atomic E-state index is 11.3. The molecule has 0 fully saturated rings. The van der Waals surface area contributed by atoms with E-state index in [1.165, 1.54) is 0 Å². The summed E-state index contributed by atoms with van der Waals surface area (Å²) in [7, 11) is 0. The summed E-state index contributed by atoms with van der Waals surface area (Å²) in [6.45, 7) is 2.45. The highest BCUT2D eigenvalue weighted by Crippen LogP contribution is 2.24. The molecule has 2 amide bonds. The molecule has 0 aliphatic rings. The van der Waals surface area contributed by atoms with E-state index < -0.39 is 0 Å². The Hall–Kier alpha value is -1.62. The van der Waals surface area contributed by atoms with E-state index in [4.69, 9.17) is 0 Å². The third-order valence-corrected chi connectivity index (χ3v) is 2.98. The van der Waals surface area contributed by atoms with Crippen LogP contribution in [0.5, 0.6) is 0 Å². The topological polar surface area (TPSA) is 54.0 Å². The van der Waals surface area contributed by atoms with Gasteiger partial charge in [-0.1, -0.05) is 28.1 Å². The van der Waals surface area contributed by atoms with Gasteiger partial charge in [-0.2, -0.15) is 0 Å². The molecule has 2 aromatic rings. The number of nitrogens with zero attached hydrogens (tertiary/aromatic N) is 1. The summed E-state index contributed by atoms with van der Waals surface area (Å²) in [5.41, 5.74) is 0. The van der Waals surface area contributed by atoms with Crippen molar-refractivity contribution in [3.8, 4) is 0 Å². The first-order valence-corrected chi connectivity index (χ1v) is 6.09. The third-order valence-electron chi connectivity index (χ3n) is 2.29. The minimum atomic E-state index is -0.241. The Balaban J connectivity index is 2.29. The van der Waals surface area contributed by atoms with Gasteiger partial charge in [0.05, 0.1) is 0 Å². The van der Waals surface area contributed by atoms with Crippen molar-refractivity contribution >= 4 is 38.6 Å². The van der Waals surface area contributed by atoms with Crippen LogP contribution in [0, 0.1) is 0 Å². The second-order valence-corrected chi connectivity index (χ2v) is 4.37. The minimum Gasteiger partial charge on any atom is -0.338 e. The third kappa shape index (κ3) is 2.74. The normalized spacial score (nSPS) is 10.2. The average molecular weight is 294 g/mol. The summed E-state index contributed by atoms with van der Waals surface area (Å²) in [6.07, 6.45) is 1.74. The first-order chi connectivity index (χ1) is 8.20. The van der Waals surface area contributed by atoms with Crippen LogP contribution < -0.4 is 10.6 Å². The fourth-order valence-electron chi connectivity index (χ4n) is 1.52. The lowest BCUT2D eigenvalue weighted by molar-refractivity contribution is 0.252. The van der Waals surface area contributed by atoms with Gasteiger partial charge >= 0.3 is 6.03 Å². The number of benzene rings is 1. The number of rotatable bonds is 2. The lowest BCUT2D eigenvalue weighted by Gasteiger charge is -2.06. The molecular weight excluding hydrogens is 282 g/mol. The number of halogens is 1. The molecule has 0 aliphatic heterocycles. The van der Waals surface area contributed by atoms with Gasteiger partial charge < -0.3 is 5.32 Å². The summed E-state index contributed by atoms with van der Waals surface area (Å²) in [5.74, 6) is 0.543. The number of aromatic nitrogens is 1. The molecule has 4 nitrogen and oxygen atoms in total. The quantitative estimate of drug-likeness (QED) is 0.894. The maximum Gasteiger partial charge on any atom is 0.320 e. The Labute approximate surface area is 108 Å². The largest absolute Gasteiger partial charge is 0.338 e. The smallest absolute Gasteiger partial charge is 0.320 e.